The summed E-state index contributed by atoms with van der Waals surface area (Å²) < 4.78 is 30.0. The molecular formula is C14H30IN5O4S. The number of carbonyl (C=O) groups excluding carboxylic acids is 1. The Morgan fingerprint density at radius 1 is 1.36 bits per heavy atom. The first kappa shape index (κ1) is 24.3. The molecule has 25 heavy (non-hydrogen) atoms. The van der Waals surface area contributed by atoms with Gasteiger partial charge in [-0.2, -0.15) is 4.31 Å². The van der Waals surface area contributed by atoms with Gasteiger partial charge in [0, 0.05) is 46.9 Å². The Morgan fingerprint density at radius 2 is 2.04 bits per heavy atom. The average molecular weight is 491 g/mol. The summed E-state index contributed by atoms with van der Waals surface area (Å²) in [6, 6.07) is -0.0982. The lowest BCUT2D eigenvalue weighted by atomic mass is 10.2. The Labute approximate surface area is 167 Å². The van der Waals surface area contributed by atoms with E-state index in [2.05, 4.69) is 15.6 Å². The predicted molar refractivity (Wildman–Crippen MR) is 109 cm³/mol. The summed E-state index contributed by atoms with van der Waals surface area (Å²) in [5, 5.41) is 6.19. The highest BCUT2D eigenvalue weighted by atomic mass is 127. The fourth-order valence-corrected chi connectivity index (χ4v) is 3.58. The van der Waals surface area contributed by atoms with Gasteiger partial charge in [0.1, 0.15) is 6.54 Å². The van der Waals surface area contributed by atoms with Gasteiger partial charge in [0.15, 0.2) is 5.96 Å². The largest absolute Gasteiger partial charge is 0.383 e. The van der Waals surface area contributed by atoms with Crippen molar-refractivity contribution in [2.45, 2.75) is 18.9 Å². The smallest absolute Gasteiger partial charge is 0.243 e. The van der Waals surface area contributed by atoms with Crippen molar-refractivity contribution >= 4 is 45.9 Å². The van der Waals surface area contributed by atoms with Crippen LogP contribution in [0.15, 0.2) is 4.99 Å². The number of nitrogens with one attached hydrogen (secondary N) is 2. The molecule has 1 aliphatic heterocycles. The van der Waals surface area contributed by atoms with E-state index in [0.717, 1.165) is 12.8 Å². The van der Waals surface area contributed by atoms with Crippen molar-refractivity contribution in [3.63, 3.8) is 0 Å². The molecule has 1 amide bonds. The Kier molecular flexibility index (Phi) is 11.5. The first-order valence-corrected chi connectivity index (χ1v) is 9.78. The first-order chi connectivity index (χ1) is 11.3. The lowest BCUT2D eigenvalue weighted by molar-refractivity contribution is -0.127. The van der Waals surface area contributed by atoms with E-state index in [-0.39, 0.29) is 42.5 Å². The Bertz CT molecular complexity index is 541. The van der Waals surface area contributed by atoms with Crippen LogP contribution in [-0.2, 0) is 19.6 Å². The van der Waals surface area contributed by atoms with Crippen LogP contribution in [-0.4, -0.2) is 95.8 Å². The Balaban J connectivity index is 0.00000576. The van der Waals surface area contributed by atoms with Gasteiger partial charge in [-0.15, -0.1) is 24.0 Å². The quantitative estimate of drug-likeness (QED) is 0.202. The molecule has 1 heterocycles. The molecule has 0 aromatic heterocycles. The zero-order valence-electron chi connectivity index (χ0n) is 15.3. The topological polar surface area (TPSA) is 103 Å². The van der Waals surface area contributed by atoms with Gasteiger partial charge in [-0.3, -0.25) is 4.79 Å². The molecule has 0 saturated carbocycles. The number of nitrogens with zero attached hydrogens (tertiary/aromatic N) is 3. The molecule has 1 atom stereocenters. The zero-order chi connectivity index (χ0) is 18.2. The lowest BCUT2D eigenvalue weighted by Gasteiger charge is -2.23. The van der Waals surface area contributed by atoms with E-state index < -0.39 is 10.0 Å². The number of ether oxygens (including phenoxy) is 1. The van der Waals surface area contributed by atoms with Crippen LogP contribution in [0.4, 0.5) is 0 Å². The highest BCUT2D eigenvalue weighted by Crippen LogP contribution is 2.19. The molecule has 0 spiro atoms. The number of methoxy groups -OCH3 is 1. The highest BCUT2D eigenvalue weighted by Gasteiger charge is 2.31. The van der Waals surface area contributed by atoms with Gasteiger partial charge in [-0.1, -0.05) is 0 Å². The molecular weight excluding hydrogens is 461 g/mol. The maximum absolute atomic E-state index is 11.8. The summed E-state index contributed by atoms with van der Waals surface area (Å²) in [5.41, 5.74) is 0. The molecule has 11 heteroatoms. The molecule has 0 bridgehead atoms. The van der Waals surface area contributed by atoms with E-state index in [1.54, 1.807) is 21.2 Å². The molecule has 1 rings (SSSR count). The van der Waals surface area contributed by atoms with Gasteiger partial charge in [0.05, 0.1) is 12.9 Å². The van der Waals surface area contributed by atoms with Gasteiger partial charge in [0.25, 0.3) is 0 Å². The van der Waals surface area contributed by atoms with Crippen molar-refractivity contribution in [3.05, 3.63) is 0 Å². The lowest BCUT2D eigenvalue weighted by Crippen LogP contribution is -2.47. The minimum atomic E-state index is -3.21. The number of sulfonamides is 1. The van der Waals surface area contributed by atoms with E-state index >= 15 is 0 Å². The first-order valence-electron chi connectivity index (χ1n) is 7.93. The van der Waals surface area contributed by atoms with Crippen LogP contribution in [0.1, 0.15) is 12.8 Å². The number of aliphatic imine (C=N–C) groups is 1. The van der Waals surface area contributed by atoms with Crippen molar-refractivity contribution < 1.29 is 17.9 Å². The van der Waals surface area contributed by atoms with Crippen LogP contribution >= 0.6 is 24.0 Å². The van der Waals surface area contributed by atoms with Crippen molar-refractivity contribution in [1.82, 2.24) is 19.8 Å². The molecule has 0 aliphatic carbocycles. The van der Waals surface area contributed by atoms with Gasteiger partial charge in [-0.05, 0) is 12.8 Å². The van der Waals surface area contributed by atoms with E-state index in [1.807, 2.05) is 0 Å². The molecule has 0 aromatic rings. The molecule has 0 radical (unpaired) electrons. The molecule has 1 fully saturated rings. The number of guanidine groups is 1. The third-order valence-electron chi connectivity index (χ3n) is 3.72. The third kappa shape index (κ3) is 9.01. The average Bonchev–Trinajstić information content (AvgIpc) is 2.97. The molecule has 1 saturated heterocycles. The minimum absolute atomic E-state index is 0. The molecule has 0 unspecified atom stereocenters. The van der Waals surface area contributed by atoms with E-state index in [4.69, 9.17) is 4.74 Å². The monoisotopic (exact) mass is 491 g/mol. The fraction of sp³-hybridized carbons (Fsp3) is 0.857. The normalized spacial score (nSPS) is 18.6. The molecule has 0 aromatic carbocycles. The molecule has 148 valence electrons. The number of amides is 1. The standard InChI is InChI=1S/C14H29N5O4S.HI/c1-18(2)13(20)11-17-14(15-7-9-23-3)16-10-12-6-5-8-19(12)24(4,21)22;/h12H,5-11H2,1-4H3,(H2,15,16,17);1H/t12-;/m1./s1. The zero-order valence-corrected chi connectivity index (χ0v) is 18.5. The summed E-state index contributed by atoms with van der Waals surface area (Å²) in [6.45, 7) is 2.06. The number of rotatable bonds is 8. The van der Waals surface area contributed by atoms with Crippen LogP contribution in [0.5, 0.6) is 0 Å². The number of hydrogen-bond donors (Lipinski definition) is 2. The fourth-order valence-electron chi connectivity index (χ4n) is 2.40. The highest BCUT2D eigenvalue weighted by molar-refractivity contribution is 14.0. The second-order valence-electron chi connectivity index (χ2n) is 5.92. The Morgan fingerprint density at radius 3 is 2.60 bits per heavy atom. The summed E-state index contributed by atoms with van der Waals surface area (Å²) in [5.74, 6) is 0.365. The van der Waals surface area contributed by atoms with Crippen LogP contribution < -0.4 is 10.6 Å². The van der Waals surface area contributed by atoms with Gasteiger partial charge in [-0.25, -0.2) is 13.4 Å². The maximum Gasteiger partial charge on any atom is 0.243 e. The molecule has 9 nitrogen and oxygen atoms in total. The summed E-state index contributed by atoms with van der Waals surface area (Å²) in [4.78, 5) is 17.4. The van der Waals surface area contributed by atoms with E-state index in [0.29, 0.717) is 32.2 Å². The third-order valence-corrected chi connectivity index (χ3v) is 5.06. The van der Waals surface area contributed by atoms with E-state index in [9.17, 15) is 13.2 Å². The van der Waals surface area contributed by atoms with Crippen molar-refractivity contribution in [2.75, 3.05) is 60.2 Å². The number of likely N-dealkylation sites (N-methyl/N-ethyl adjacent to an activating group) is 1. The Hall–Kier alpha value is -0.660. The molecule has 1 aliphatic rings. The van der Waals surface area contributed by atoms with E-state index in [1.165, 1.54) is 15.5 Å². The minimum Gasteiger partial charge on any atom is -0.383 e. The molecule has 2 N–H and O–H groups in total. The van der Waals surface area contributed by atoms with Crippen LogP contribution in [0.25, 0.3) is 0 Å². The van der Waals surface area contributed by atoms with Crippen LogP contribution in [0.2, 0.25) is 0 Å². The van der Waals surface area contributed by atoms with Crippen LogP contribution in [0.3, 0.4) is 0 Å². The van der Waals surface area contributed by atoms with Crippen molar-refractivity contribution in [3.8, 4) is 0 Å². The predicted octanol–water partition coefficient (Wildman–Crippen LogP) is -0.702. The second kappa shape index (κ2) is 11.9. The van der Waals surface area contributed by atoms with Gasteiger partial charge in [0.2, 0.25) is 15.9 Å². The van der Waals surface area contributed by atoms with Crippen LogP contribution in [0, 0.1) is 0 Å². The SMILES string of the molecule is COCCNC(=NCC(=O)N(C)C)NC[C@H]1CCCN1S(C)(=O)=O.I. The van der Waals surface area contributed by atoms with Gasteiger partial charge < -0.3 is 20.3 Å². The summed E-state index contributed by atoms with van der Waals surface area (Å²) >= 11 is 0. The van der Waals surface area contributed by atoms with Crippen molar-refractivity contribution in [2.24, 2.45) is 4.99 Å². The second-order valence-corrected chi connectivity index (χ2v) is 7.86. The number of carbonyl (C=O) groups is 1. The van der Waals surface area contributed by atoms with Gasteiger partial charge >= 0.3 is 0 Å². The maximum atomic E-state index is 11.8. The summed E-state index contributed by atoms with van der Waals surface area (Å²) in [6.07, 6.45) is 2.89. The van der Waals surface area contributed by atoms with Crippen molar-refractivity contribution in [1.29, 1.82) is 0 Å². The number of hydrogen-bond acceptors (Lipinski definition) is 5. The summed E-state index contributed by atoms with van der Waals surface area (Å²) in [7, 11) is 1.74. The number of halogens is 1.